The van der Waals surface area contributed by atoms with E-state index < -0.39 is 12.1 Å². The predicted octanol–water partition coefficient (Wildman–Crippen LogP) is 3.14. The van der Waals surface area contributed by atoms with Crippen LogP contribution in [0, 0.1) is 0 Å². The molecule has 1 rings (SSSR count). The van der Waals surface area contributed by atoms with E-state index in [-0.39, 0.29) is 22.9 Å². The highest BCUT2D eigenvalue weighted by Gasteiger charge is 2.19. The van der Waals surface area contributed by atoms with Crippen molar-refractivity contribution in [2.75, 3.05) is 6.61 Å². The van der Waals surface area contributed by atoms with Gasteiger partial charge in [-0.15, -0.1) is 0 Å². The fourth-order valence-electron chi connectivity index (χ4n) is 1.28. The Hall–Kier alpha value is -1.26. The van der Waals surface area contributed by atoms with Crippen LogP contribution in [0.4, 0.5) is 0 Å². The third kappa shape index (κ3) is 3.62. The molecule has 0 spiro atoms. The topological polar surface area (TPSA) is 52.6 Å². The zero-order valence-electron chi connectivity index (χ0n) is 9.91. The standard InChI is InChI=1S/C12H12Cl2O4/c1-3-17-12(16)7(2)18-11-8(6-15)4-9(13)5-10(11)14/h4-7H,3H2,1-2H3. The summed E-state index contributed by atoms with van der Waals surface area (Å²) in [7, 11) is 0. The highest BCUT2D eigenvalue weighted by atomic mass is 35.5. The van der Waals surface area contributed by atoms with Gasteiger partial charge in [0, 0.05) is 5.02 Å². The summed E-state index contributed by atoms with van der Waals surface area (Å²) in [5.41, 5.74) is 0.184. The van der Waals surface area contributed by atoms with Gasteiger partial charge < -0.3 is 9.47 Å². The number of ether oxygens (including phenoxy) is 2. The average Bonchev–Trinajstić information content (AvgIpc) is 2.32. The number of esters is 1. The highest BCUT2D eigenvalue weighted by molar-refractivity contribution is 6.36. The van der Waals surface area contributed by atoms with Crippen LogP contribution in [-0.2, 0) is 9.53 Å². The lowest BCUT2D eigenvalue weighted by molar-refractivity contribution is -0.150. The molecular formula is C12H12Cl2O4. The van der Waals surface area contributed by atoms with Gasteiger partial charge >= 0.3 is 5.97 Å². The first-order chi connectivity index (χ1) is 8.49. The lowest BCUT2D eigenvalue weighted by atomic mass is 10.2. The largest absolute Gasteiger partial charge is 0.477 e. The van der Waals surface area contributed by atoms with E-state index in [1.54, 1.807) is 6.92 Å². The maximum absolute atomic E-state index is 11.4. The lowest BCUT2D eigenvalue weighted by Crippen LogP contribution is -2.26. The van der Waals surface area contributed by atoms with Gasteiger partial charge in [0.15, 0.2) is 12.4 Å². The van der Waals surface area contributed by atoms with Gasteiger partial charge in [0.05, 0.1) is 17.2 Å². The molecular weight excluding hydrogens is 279 g/mol. The van der Waals surface area contributed by atoms with Crippen molar-refractivity contribution in [3.8, 4) is 5.75 Å². The molecule has 18 heavy (non-hydrogen) atoms. The van der Waals surface area contributed by atoms with Crippen molar-refractivity contribution in [3.63, 3.8) is 0 Å². The minimum Gasteiger partial charge on any atom is -0.477 e. The number of hydrogen-bond donors (Lipinski definition) is 0. The van der Waals surface area contributed by atoms with Crippen LogP contribution in [0.1, 0.15) is 24.2 Å². The molecule has 0 heterocycles. The van der Waals surface area contributed by atoms with Crippen LogP contribution in [-0.4, -0.2) is 25.0 Å². The quantitative estimate of drug-likeness (QED) is 0.617. The third-order valence-corrected chi connectivity index (χ3v) is 2.58. The summed E-state index contributed by atoms with van der Waals surface area (Å²) in [5, 5.41) is 0.485. The van der Waals surface area contributed by atoms with Gasteiger partial charge in [-0.2, -0.15) is 0 Å². The molecule has 1 aromatic rings. The van der Waals surface area contributed by atoms with Crippen LogP contribution in [0.15, 0.2) is 12.1 Å². The van der Waals surface area contributed by atoms with Crippen molar-refractivity contribution < 1.29 is 19.1 Å². The van der Waals surface area contributed by atoms with Crippen LogP contribution in [0.25, 0.3) is 0 Å². The van der Waals surface area contributed by atoms with E-state index in [0.717, 1.165) is 0 Å². The van der Waals surface area contributed by atoms with Crippen LogP contribution >= 0.6 is 23.2 Å². The summed E-state index contributed by atoms with van der Waals surface area (Å²) in [5.74, 6) is -0.406. The van der Waals surface area contributed by atoms with Gasteiger partial charge in [0.25, 0.3) is 0 Å². The van der Waals surface area contributed by atoms with Crippen molar-refractivity contribution in [3.05, 3.63) is 27.7 Å². The number of hydrogen-bond acceptors (Lipinski definition) is 4. The van der Waals surface area contributed by atoms with E-state index in [1.807, 2.05) is 0 Å². The normalized spacial score (nSPS) is 11.8. The molecule has 0 saturated heterocycles. The Labute approximate surface area is 115 Å². The van der Waals surface area contributed by atoms with Crippen LogP contribution in [0.5, 0.6) is 5.75 Å². The SMILES string of the molecule is CCOC(=O)C(C)Oc1c(Cl)cc(Cl)cc1C=O. The van der Waals surface area contributed by atoms with Gasteiger partial charge in [-0.05, 0) is 26.0 Å². The summed E-state index contributed by atoms with van der Waals surface area (Å²) >= 11 is 11.7. The number of benzene rings is 1. The fourth-order valence-corrected chi connectivity index (χ4v) is 1.83. The van der Waals surface area contributed by atoms with Gasteiger partial charge in [-0.25, -0.2) is 4.79 Å². The molecule has 0 amide bonds. The molecule has 6 heteroatoms. The molecule has 1 atom stereocenters. The highest BCUT2D eigenvalue weighted by Crippen LogP contribution is 2.32. The summed E-state index contributed by atoms with van der Waals surface area (Å²) in [6, 6.07) is 2.84. The minimum atomic E-state index is -0.859. The maximum Gasteiger partial charge on any atom is 0.347 e. The Bertz CT molecular complexity index is 460. The molecule has 4 nitrogen and oxygen atoms in total. The van der Waals surface area contributed by atoms with Crippen molar-refractivity contribution in [1.29, 1.82) is 0 Å². The average molecular weight is 291 g/mol. The predicted molar refractivity (Wildman–Crippen MR) is 68.6 cm³/mol. The zero-order valence-corrected chi connectivity index (χ0v) is 11.4. The molecule has 0 radical (unpaired) electrons. The maximum atomic E-state index is 11.4. The number of rotatable bonds is 5. The van der Waals surface area contributed by atoms with Crippen LogP contribution in [0.2, 0.25) is 10.0 Å². The van der Waals surface area contributed by atoms with Crippen LogP contribution < -0.4 is 4.74 Å². The number of carbonyl (C=O) groups excluding carboxylic acids is 2. The van der Waals surface area contributed by atoms with Gasteiger partial charge in [0.2, 0.25) is 0 Å². The van der Waals surface area contributed by atoms with Crippen molar-refractivity contribution in [2.45, 2.75) is 20.0 Å². The Morgan fingerprint density at radius 1 is 1.44 bits per heavy atom. The molecule has 0 bridgehead atoms. The molecule has 0 fully saturated rings. The molecule has 1 aromatic carbocycles. The Morgan fingerprint density at radius 2 is 2.11 bits per heavy atom. The van der Waals surface area contributed by atoms with E-state index in [4.69, 9.17) is 32.7 Å². The summed E-state index contributed by atoms with van der Waals surface area (Å²) in [6.45, 7) is 3.45. The Morgan fingerprint density at radius 3 is 2.67 bits per heavy atom. The van der Waals surface area contributed by atoms with E-state index >= 15 is 0 Å². The Balaban J connectivity index is 2.96. The Kier molecular flexibility index (Phi) is 5.44. The number of halogens is 2. The summed E-state index contributed by atoms with van der Waals surface area (Å²) in [4.78, 5) is 22.3. The van der Waals surface area contributed by atoms with Gasteiger partial charge in [0.1, 0.15) is 5.75 Å². The number of aldehydes is 1. The molecule has 0 aliphatic heterocycles. The minimum absolute atomic E-state index is 0.122. The second-order valence-corrected chi connectivity index (χ2v) is 4.28. The number of carbonyl (C=O) groups is 2. The zero-order chi connectivity index (χ0) is 13.7. The molecule has 0 aromatic heterocycles. The third-order valence-electron chi connectivity index (χ3n) is 2.08. The van der Waals surface area contributed by atoms with E-state index in [9.17, 15) is 9.59 Å². The van der Waals surface area contributed by atoms with Crippen molar-refractivity contribution >= 4 is 35.5 Å². The van der Waals surface area contributed by atoms with Gasteiger partial charge in [-0.3, -0.25) is 4.79 Å². The first-order valence-electron chi connectivity index (χ1n) is 5.27. The second kappa shape index (κ2) is 6.61. The van der Waals surface area contributed by atoms with Gasteiger partial charge in [-0.1, -0.05) is 23.2 Å². The van der Waals surface area contributed by atoms with E-state index in [0.29, 0.717) is 11.3 Å². The first kappa shape index (κ1) is 14.8. The fraction of sp³-hybridized carbons (Fsp3) is 0.333. The van der Waals surface area contributed by atoms with E-state index in [2.05, 4.69) is 0 Å². The van der Waals surface area contributed by atoms with E-state index in [1.165, 1.54) is 19.1 Å². The molecule has 0 N–H and O–H groups in total. The summed E-state index contributed by atoms with van der Waals surface area (Å²) in [6.07, 6.45) is -0.298. The first-order valence-corrected chi connectivity index (χ1v) is 6.02. The van der Waals surface area contributed by atoms with Crippen molar-refractivity contribution in [1.82, 2.24) is 0 Å². The molecule has 1 unspecified atom stereocenters. The molecule has 0 aliphatic rings. The van der Waals surface area contributed by atoms with Crippen LogP contribution in [0.3, 0.4) is 0 Å². The molecule has 0 saturated carbocycles. The lowest BCUT2D eigenvalue weighted by Gasteiger charge is -2.16. The summed E-state index contributed by atoms with van der Waals surface area (Å²) < 4.78 is 10.1. The smallest absolute Gasteiger partial charge is 0.347 e. The second-order valence-electron chi connectivity index (χ2n) is 3.44. The monoisotopic (exact) mass is 290 g/mol. The molecule has 98 valence electrons. The van der Waals surface area contributed by atoms with Crippen molar-refractivity contribution in [2.24, 2.45) is 0 Å². The molecule has 0 aliphatic carbocycles.